The monoisotopic (exact) mass is 1750 g/mol. The molecule has 0 radical (unpaired) electrons. The van der Waals surface area contributed by atoms with Crippen LogP contribution in [0.25, 0.3) is 0 Å². The van der Waals surface area contributed by atoms with Crippen LogP contribution in [0.3, 0.4) is 0 Å². The van der Waals surface area contributed by atoms with Crippen LogP contribution in [0.15, 0.2) is 285 Å². The summed E-state index contributed by atoms with van der Waals surface area (Å²) >= 11 is 1.99. The van der Waals surface area contributed by atoms with Gasteiger partial charge >= 0.3 is 12.2 Å². The molecule has 2 amide bonds. The van der Waals surface area contributed by atoms with Gasteiger partial charge in [-0.1, -0.05) is 176 Å². The largest absolute Gasteiger partial charge is 0.508 e. The number of amides is 2. The van der Waals surface area contributed by atoms with E-state index in [9.17, 15) is 58.6 Å². The Balaban J connectivity index is 0.000000119. The number of carbonyl (C=O) groups excluding carboxylic acids is 2. The van der Waals surface area contributed by atoms with Crippen LogP contribution in [0.1, 0.15) is 92.6 Å². The zero-order chi connectivity index (χ0) is 85.0. The highest BCUT2D eigenvalue weighted by Gasteiger charge is 2.51. The van der Waals surface area contributed by atoms with Crippen LogP contribution < -0.4 is 5.32 Å². The number of hydrogen-bond acceptors (Lipinski definition) is 19. The van der Waals surface area contributed by atoms with Crippen LogP contribution in [0.2, 0.25) is 0 Å². The van der Waals surface area contributed by atoms with Gasteiger partial charge in [0.1, 0.15) is 24.7 Å². The second-order valence-electron chi connectivity index (χ2n) is 35.0. The summed E-state index contributed by atoms with van der Waals surface area (Å²) in [6.07, 6.45) is 8.16. The molecule has 5 saturated carbocycles. The minimum absolute atomic E-state index is 0.162. The Hall–Kier alpha value is -8.89. The first-order chi connectivity index (χ1) is 58.9. The van der Waals surface area contributed by atoms with Crippen molar-refractivity contribution in [2.45, 2.75) is 141 Å². The Morgan fingerprint density at radius 3 is 1.00 bits per heavy atom. The molecule has 4 N–H and O–H groups in total. The fraction of sp³-hybridized carbons (Fsp3) is 0.423. The van der Waals surface area contributed by atoms with Crippen molar-refractivity contribution in [3.05, 3.63) is 283 Å². The van der Waals surface area contributed by atoms with Gasteiger partial charge in [-0.25, -0.2) is 43.3 Å². The highest BCUT2D eigenvalue weighted by atomic mass is 32.2. The quantitative estimate of drug-likeness (QED) is 0.0552. The lowest BCUT2D eigenvalue weighted by molar-refractivity contribution is 0.101. The first-order valence-electron chi connectivity index (χ1n) is 43.1. The van der Waals surface area contributed by atoms with Crippen LogP contribution in [-0.4, -0.2) is 186 Å². The summed E-state index contributed by atoms with van der Waals surface area (Å²) in [5.41, 5.74) is 4.01. The van der Waals surface area contributed by atoms with Gasteiger partial charge < -0.3 is 44.8 Å². The fourth-order valence-electron chi connectivity index (χ4n) is 20.5. The van der Waals surface area contributed by atoms with Crippen molar-refractivity contribution < 1.29 is 68.1 Å². The Kier molecular flexibility index (Phi) is 28.8. The predicted octanol–water partition coefficient (Wildman–Crippen LogP) is 15.5. The molecule has 9 aromatic rings. The number of hydrogen-bond donors (Lipinski definition) is 4. The zero-order valence-corrected chi connectivity index (χ0v) is 72.9. The number of phenols is 2. The van der Waals surface area contributed by atoms with Gasteiger partial charge in [-0.15, -0.1) is 11.8 Å². The van der Waals surface area contributed by atoms with E-state index in [1.54, 1.807) is 138 Å². The minimum atomic E-state index is -3.30. The number of benzene rings is 9. The highest BCUT2D eigenvalue weighted by Crippen LogP contribution is 2.48. The number of phenolic OH excluding ortho intramolecular Hbond substituents is 2. The summed E-state index contributed by atoms with van der Waals surface area (Å²) in [5, 5.41) is 32.2. The number of ether oxygens (including phenoxy) is 2. The average molecular weight is 1750 g/mol. The first kappa shape index (κ1) is 88.0. The van der Waals surface area contributed by atoms with E-state index in [2.05, 4.69) is 45.4 Å². The number of rotatable bonds is 20. The molecule has 6 unspecified atom stereocenters. The summed E-state index contributed by atoms with van der Waals surface area (Å²) in [5.74, 6) is 5.10. The van der Waals surface area contributed by atoms with Crippen molar-refractivity contribution in [1.82, 2.24) is 24.9 Å². The lowest BCUT2D eigenvalue weighted by Crippen LogP contribution is -2.31. The number of β-amino-alcohol motifs (C(OH)–C–C–N with tert-alkyl or cyclic N) is 1. The number of aliphatic hydroxyl groups is 1. The van der Waals surface area contributed by atoms with E-state index in [-0.39, 0.29) is 57.4 Å². The molecule has 19 rings (SSSR count). The van der Waals surface area contributed by atoms with E-state index in [0.717, 1.165) is 108 Å². The Morgan fingerprint density at radius 2 is 0.648 bits per heavy atom. The molecule has 16 atom stereocenters. The maximum absolute atomic E-state index is 12.9. The number of likely N-dealkylation sites (tertiary alicyclic amines) is 4. The summed E-state index contributed by atoms with van der Waals surface area (Å²) in [6, 6.07) is 79.3. The molecule has 25 heteroatoms. The number of nitrogens with one attached hydrogen (secondary N) is 1. The van der Waals surface area contributed by atoms with Crippen molar-refractivity contribution in [2.75, 3.05) is 78.5 Å². The van der Waals surface area contributed by atoms with E-state index < -0.39 is 45.5 Å². The van der Waals surface area contributed by atoms with Gasteiger partial charge in [0.25, 0.3) is 0 Å². The van der Waals surface area contributed by atoms with Crippen molar-refractivity contribution in [2.24, 2.45) is 59.2 Å². The van der Waals surface area contributed by atoms with Gasteiger partial charge in [0, 0.05) is 75.6 Å². The van der Waals surface area contributed by atoms with E-state index in [0.29, 0.717) is 130 Å². The van der Waals surface area contributed by atoms with E-state index >= 15 is 0 Å². The second kappa shape index (κ2) is 40.0. The molecule has 0 bridgehead atoms. The molecule has 122 heavy (non-hydrogen) atoms. The number of nitrogens with zero attached hydrogens (tertiary/aromatic N) is 4. The molecule has 9 aromatic carbocycles. The standard InChI is InChI=1S/C21H23NO4S.C21H25NO4S.C21H25NO3S.C21H23NO2S.C13H17NO2S/c23-21(26-15-16-7-3-1-4-8-16)22-13-17-11-20(12-18(17)14-22)27(24,25)19-9-5-2-6-10-19;23-18-8-6-15(7-9-18)21(24)14-22-12-16-10-20(11-17(16)13-22)27(25,26)19-4-2-1-3-5-19;23-19-8-6-16(7-9-19)10-11-22-14-17-12-21(13-18(17)15-22)26(24,25)20-4-2-1-3-5-20;23-21(24-15-16-7-3-1-4-8-16)22-13-17-11-20(12-18(17)14-22)25-19-9-5-2-6-10-19;15-17(16,12-4-2-1-3-5-12)13-6-10-8-14-9-11(10)7-13/h1-10,17-18,20H,11-15H2;1-9,16-17,20-21,23-24H,10-14H2;1-9,17-18,21,23H,10-15H2;1-10,17-18,20H,11-15H2;1-5,10-11,13-14H,6-9H2/t17-,18+,20?;16-,17+,20?,21?;17-,18+,21?;17-,18+,20?;10-,11+,13?. The summed E-state index contributed by atoms with van der Waals surface area (Å²) in [6.45, 7) is 10.7. The summed E-state index contributed by atoms with van der Waals surface area (Å²) in [4.78, 5) is 36.1. The number of thioether (sulfide) groups is 1. The second-order valence-corrected chi connectivity index (χ2v) is 45.3. The molecule has 5 saturated heterocycles. The van der Waals surface area contributed by atoms with E-state index in [4.69, 9.17) is 9.47 Å². The predicted molar refractivity (Wildman–Crippen MR) is 474 cm³/mol. The average Bonchev–Trinajstić information content (AvgIpc) is 1.67. The molecule has 20 nitrogen and oxygen atoms in total. The molecule has 5 aliphatic carbocycles. The summed E-state index contributed by atoms with van der Waals surface area (Å²) in [7, 11) is -12.9. The maximum atomic E-state index is 12.9. The molecule has 646 valence electrons. The third-order valence-electron chi connectivity index (χ3n) is 27.0. The van der Waals surface area contributed by atoms with Gasteiger partial charge in [-0.3, -0.25) is 4.90 Å². The molecular weight excluding hydrogens is 1640 g/mol. The van der Waals surface area contributed by atoms with Gasteiger partial charge in [-0.05, 0) is 250 Å². The van der Waals surface area contributed by atoms with Crippen LogP contribution in [0.5, 0.6) is 11.5 Å². The molecule has 5 heterocycles. The topological polar surface area (TPSA) is 275 Å². The number of fused-ring (bicyclic) bond motifs is 5. The normalized spacial score (nSPS) is 26.6. The fourth-order valence-corrected chi connectivity index (χ4v) is 29.6. The lowest BCUT2D eigenvalue weighted by Gasteiger charge is -2.22. The third kappa shape index (κ3) is 21.9. The molecule has 10 fully saturated rings. The number of carbonyl (C=O) groups is 2. The van der Waals surface area contributed by atoms with E-state index in [1.165, 1.54) is 23.3 Å². The highest BCUT2D eigenvalue weighted by molar-refractivity contribution is 8.00. The van der Waals surface area contributed by atoms with Crippen LogP contribution in [-0.2, 0) is 68.5 Å². The molecule has 0 spiro atoms. The smallest absolute Gasteiger partial charge is 0.410 e. The Morgan fingerprint density at radius 1 is 0.352 bits per heavy atom. The van der Waals surface area contributed by atoms with Crippen LogP contribution in [0, 0.1) is 59.2 Å². The van der Waals surface area contributed by atoms with Gasteiger partial charge in [0.05, 0.1) is 46.7 Å². The molecule has 5 aliphatic heterocycles. The SMILES string of the molecule is O=C(OCc1ccccc1)N1C[C@H]2CC(S(=O)(=O)c3ccccc3)C[C@H]2C1.O=C(OCc1ccccc1)N1C[C@H]2CC(Sc3ccccc3)C[C@H]2C1.O=S(=O)(c1ccccc1)C1C[C@@H]2CN(CC(O)c3ccc(O)cc3)C[C@@H]2C1.O=S(=O)(c1ccccc1)C1C[C@@H]2CN(CCc3ccc(O)cc3)C[C@@H]2C1.O=S(=O)(c1ccccc1)C1C[C@H]2CNC[C@H]2C1. The first-order valence-corrected chi connectivity index (χ1v) is 50.2. The van der Waals surface area contributed by atoms with E-state index in [1.807, 2.05) is 114 Å². The molecule has 0 aromatic heterocycles. The number of aromatic hydroxyl groups is 2. The van der Waals surface area contributed by atoms with Gasteiger partial charge in [0.15, 0.2) is 39.3 Å². The zero-order valence-electron chi connectivity index (χ0n) is 68.8. The van der Waals surface area contributed by atoms with Crippen LogP contribution >= 0.6 is 11.8 Å². The van der Waals surface area contributed by atoms with Crippen LogP contribution in [0.4, 0.5) is 9.59 Å². The van der Waals surface area contributed by atoms with Crippen molar-refractivity contribution in [3.8, 4) is 11.5 Å². The minimum Gasteiger partial charge on any atom is -0.508 e. The lowest BCUT2D eigenvalue weighted by atomic mass is 10.0. The van der Waals surface area contributed by atoms with Gasteiger partial charge in [0.2, 0.25) is 0 Å². The van der Waals surface area contributed by atoms with Crippen molar-refractivity contribution in [1.29, 1.82) is 0 Å². The van der Waals surface area contributed by atoms with Crippen molar-refractivity contribution >= 4 is 63.3 Å². The Bertz CT molecular complexity index is 5310. The molecular formula is C97H113N5O15S5. The molecule has 10 aliphatic rings. The Labute approximate surface area is 724 Å². The third-order valence-corrected chi connectivity index (χ3v) is 37.0. The summed E-state index contributed by atoms with van der Waals surface area (Å²) < 4.78 is 113. The maximum Gasteiger partial charge on any atom is 0.410 e. The number of aliphatic hydroxyl groups excluding tert-OH is 1. The van der Waals surface area contributed by atoms with Gasteiger partial charge in [-0.2, -0.15) is 0 Å². The van der Waals surface area contributed by atoms with Crippen molar-refractivity contribution in [3.63, 3.8) is 0 Å². The number of sulfone groups is 4.